The zero-order chi connectivity index (χ0) is 20.4. The van der Waals surface area contributed by atoms with E-state index in [9.17, 15) is 10.1 Å². The summed E-state index contributed by atoms with van der Waals surface area (Å²) in [6.45, 7) is 7.67. The Bertz CT molecular complexity index is 1450. The minimum absolute atomic E-state index is 0.191. The van der Waals surface area contributed by atoms with Gasteiger partial charge in [0.2, 0.25) is 0 Å². The predicted molar refractivity (Wildman–Crippen MR) is 108 cm³/mol. The topological polar surface area (TPSA) is 117 Å². The first kappa shape index (κ1) is 17.6. The molecule has 11 heteroatoms. The average molecular weight is 408 g/mol. The van der Waals surface area contributed by atoms with Crippen LogP contribution in [0.1, 0.15) is 35.7 Å². The summed E-state index contributed by atoms with van der Waals surface area (Å²) in [5.41, 5.74) is 4.31. The van der Waals surface area contributed by atoms with Crippen LogP contribution in [0.2, 0.25) is 0 Å². The quantitative estimate of drug-likeness (QED) is 0.331. The van der Waals surface area contributed by atoms with Crippen molar-refractivity contribution < 1.29 is 4.92 Å². The molecule has 0 amide bonds. The molecule has 0 N–H and O–H groups in total. The third-order valence-corrected chi connectivity index (χ3v) is 6.01. The second-order valence-corrected chi connectivity index (χ2v) is 8.04. The van der Waals surface area contributed by atoms with Crippen molar-refractivity contribution in [3.05, 3.63) is 51.4 Å². The zero-order valence-electron chi connectivity index (χ0n) is 16.1. The van der Waals surface area contributed by atoms with Gasteiger partial charge in [0.25, 0.3) is 0 Å². The molecule has 1 unspecified atom stereocenters. The van der Waals surface area contributed by atoms with E-state index in [-0.39, 0.29) is 11.9 Å². The second-order valence-electron chi connectivity index (χ2n) is 7.04. The van der Waals surface area contributed by atoms with Gasteiger partial charge in [-0.15, -0.1) is 16.4 Å². The van der Waals surface area contributed by atoms with Crippen molar-refractivity contribution in [1.29, 1.82) is 0 Å². The molecule has 0 aliphatic rings. The summed E-state index contributed by atoms with van der Waals surface area (Å²) in [5, 5.41) is 20.7. The first-order chi connectivity index (χ1) is 13.8. The number of aromatic nitrogens is 7. The van der Waals surface area contributed by atoms with E-state index in [4.69, 9.17) is 4.98 Å². The van der Waals surface area contributed by atoms with Gasteiger partial charge in [-0.2, -0.15) is 4.68 Å². The van der Waals surface area contributed by atoms with E-state index >= 15 is 0 Å². The number of nitro groups is 1. The maximum Gasteiger partial charge on any atom is 0.390 e. The van der Waals surface area contributed by atoms with Crippen molar-refractivity contribution in [1.82, 2.24) is 34.3 Å². The Labute approximate surface area is 168 Å². The number of fused-ring (bicyclic) bond motifs is 5. The summed E-state index contributed by atoms with van der Waals surface area (Å²) in [6.07, 6.45) is 1.64. The lowest BCUT2D eigenvalue weighted by Gasteiger charge is -2.05. The molecule has 0 fully saturated rings. The van der Waals surface area contributed by atoms with Gasteiger partial charge in [-0.1, -0.05) is 0 Å². The predicted octanol–water partition coefficient (Wildman–Crippen LogP) is 3.53. The van der Waals surface area contributed by atoms with Crippen LogP contribution in [0.25, 0.3) is 26.1 Å². The molecule has 29 heavy (non-hydrogen) atoms. The summed E-state index contributed by atoms with van der Waals surface area (Å²) in [5.74, 6) is 0.322. The van der Waals surface area contributed by atoms with Crippen molar-refractivity contribution in [3.63, 3.8) is 0 Å². The smallest absolute Gasteiger partial charge is 0.358 e. The van der Waals surface area contributed by atoms with Gasteiger partial charge < -0.3 is 10.1 Å². The molecule has 5 aromatic heterocycles. The van der Waals surface area contributed by atoms with Crippen LogP contribution in [0.15, 0.2) is 18.5 Å². The highest BCUT2D eigenvalue weighted by atomic mass is 32.1. The molecule has 5 aromatic rings. The lowest BCUT2D eigenvalue weighted by molar-refractivity contribution is -0.389. The first-order valence-electron chi connectivity index (χ1n) is 8.95. The Hall–Kier alpha value is -3.47. The van der Waals surface area contributed by atoms with E-state index in [1.54, 1.807) is 33.8 Å². The number of hydrogen-bond donors (Lipinski definition) is 0. The van der Waals surface area contributed by atoms with E-state index in [1.807, 2.05) is 19.9 Å². The summed E-state index contributed by atoms with van der Waals surface area (Å²) >= 11 is 1.54. The standard InChI is InChI=1S/C18H16N8O2S/c1-8-5-9(2)20-18-13(8)14-15(29-18)17-21-16(23-24(17)7-19-14)11(4)25-10(3)6-12(22-25)26(27)28/h5-7,11H,1-4H3. The zero-order valence-corrected chi connectivity index (χ0v) is 16.9. The highest BCUT2D eigenvalue weighted by molar-refractivity contribution is 7.26. The van der Waals surface area contributed by atoms with Crippen LogP contribution in [0.4, 0.5) is 5.82 Å². The molecule has 0 aliphatic heterocycles. The summed E-state index contributed by atoms with van der Waals surface area (Å²) < 4.78 is 4.12. The van der Waals surface area contributed by atoms with E-state index in [0.717, 1.165) is 31.7 Å². The SMILES string of the molecule is Cc1cc(C)c2c(n1)sc1c2ncn2nc(C(C)n3nc([N+](=O)[O-])cc3C)nc12. The van der Waals surface area contributed by atoms with Crippen LogP contribution in [0.5, 0.6) is 0 Å². The summed E-state index contributed by atoms with van der Waals surface area (Å²) in [7, 11) is 0. The van der Waals surface area contributed by atoms with Crippen LogP contribution in [0.3, 0.4) is 0 Å². The number of rotatable bonds is 3. The molecule has 10 nitrogen and oxygen atoms in total. The van der Waals surface area contributed by atoms with Crippen LogP contribution in [0, 0.1) is 30.9 Å². The van der Waals surface area contributed by atoms with Gasteiger partial charge in [0.1, 0.15) is 21.9 Å². The summed E-state index contributed by atoms with van der Waals surface area (Å²) in [4.78, 5) is 25.4. The summed E-state index contributed by atoms with van der Waals surface area (Å²) in [6, 6.07) is 3.12. The van der Waals surface area contributed by atoms with E-state index < -0.39 is 4.92 Å². The molecule has 0 spiro atoms. The van der Waals surface area contributed by atoms with Gasteiger partial charge in [-0.25, -0.2) is 19.5 Å². The third kappa shape index (κ3) is 2.58. The lowest BCUT2D eigenvalue weighted by Crippen LogP contribution is -2.12. The highest BCUT2D eigenvalue weighted by Crippen LogP contribution is 2.35. The van der Waals surface area contributed by atoms with Crippen LogP contribution < -0.4 is 0 Å². The minimum atomic E-state index is -0.505. The monoisotopic (exact) mass is 408 g/mol. The molecule has 0 aliphatic carbocycles. The van der Waals surface area contributed by atoms with Crippen molar-refractivity contribution in [3.8, 4) is 0 Å². The second kappa shape index (κ2) is 6.01. The molecule has 0 bridgehead atoms. The van der Waals surface area contributed by atoms with Crippen molar-refractivity contribution in [2.45, 2.75) is 33.7 Å². The number of aryl methyl sites for hydroxylation is 3. The third-order valence-electron chi connectivity index (χ3n) is 4.95. The van der Waals surface area contributed by atoms with Gasteiger partial charge in [0.15, 0.2) is 11.5 Å². The van der Waals surface area contributed by atoms with Gasteiger partial charge in [-0.05, 0) is 44.2 Å². The minimum Gasteiger partial charge on any atom is -0.358 e. The van der Waals surface area contributed by atoms with Crippen molar-refractivity contribution in [2.75, 3.05) is 0 Å². The number of pyridine rings is 1. The van der Waals surface area contributed by atoms with Gasteiger partial charge in [0, 0.05) is 11.1 Å². The Morgan fingerprint density at radius 3 is 2.69 bits per heavy atom. The fraction of sp³-hybridized carbons (Fsp3) is 0.278. The molecule has 1 atom stereocenters. The number of nitrogens with zero attached hydrogens (tertiary/aromatic N) is 8. The van der Waals surface area contributed by atoms with E-state index in [1.165, 1.54) is 6.07 Å². The molecule has 0 saturated carbocycles. The normalized spacial score (nSPS) is 13.0. The Balaban J connectivity index is 1.70. The number of hydrogen-bond acceptors (Lipinski definition) is 8. The molecule has 0 saturated heterocycles. The Kier molecular flexibility index (Phi) is 3.65. The first-order valence-corrected chi connectivity index (χ1v) is 9.77. The maximum atomic E-state index is 11.0. The largest absolute Gasteiger partial charge is 0.390 e. The van der Waals surface area contributed by atoms with Gasteiger partial charge in [0.05, 0.1) is 22.4 Å². The Morgan fingerprint density at radius 1 is 1.17 bits per heavy atom. The molecule has 0 radical (unpaired) electrons. The lowest BCUT2D eigenvalue weighted by atomic mass is 10.1. The number of thiophene rings is 1. The van der Waals surface area contributed by atoms with Crippen LogP contribution in [-0.4, -0.2) is 39.3 Å². The highest BCUT2D eigenvalue weighted by Gasteiger charge is 2.25. The molecular weight excluding hydrogens is 392 g/mol. The molecule has 5 heterocycles. The molecular formula is C18H16N8O2S. The Morgan fingerprint density at radius 2 is 1.97 bits per heavy atom. The van der Waals surface area contributed by atoms with Crippen molar-refractivity contribution in [2.24, 2.45) is 0 Å². The van der Waals surface area contributed by atoms with Crippen molar-refractivity contribution >= 4 is 43.2 Å². The molecule has 0 aromatic carbocycles. The fourth-order valence-electron chi connectivity index (χ4n) is 3.62. The van der Waals surface area contributed by atoms with Crippen LogP contribution >= 0.6 is 11.3 Å². The fourth-order valence-corrected chi connectivity index (χ4v) is 4.85. The van der Waals surface area contributed by atoms with E-state index in [0.29, 0.717) is 17.2 Å². The average Bonchev–Trinajstić information content (AvgIpc) is 3.34. The molecule has 146 valence electrons. The van der Waals surface area contributed by atoms with Gasteiger partial charge >= 0.3 is 5.82 Å². The van der Waals surface area contributed by atoms with Crippen LogP contribution in [-0.2, 0) is 0 Å². The van der Waals surface area contributed by atoms with E-state index in [2.05, 4.69) is 27.1 Å². The maximum absolute atomic E-state index is 11.0. The van der Waals surface area contributed by atoms with Gasteiger partial charge in [-0.3, -0.25) is 0 Å². The molecule has 5 rings (SSSR count).